The molecule has 1 aliphatic heterocycles. The number of anilines is 1. The van der Waals surface area contributed by atoms with Crippen LogP contribution in [0.4, 0.5) is 5.69 Å². The van der Waals surface area contributed by atoms with Crippen LogP contribution in [0, 0.1) is 0 Å². The van der Waals surface area contributed by atoms with Crippen molar-refractivity contribution in [2.45, 2.75) is 32.8 Å². The van der Waals surface area contributed by atoms with Crippen molar-refractivity contribution in [3.05, 3.63) is 23.8 Å². The summed E-state index contributed by atoms with van der Waals surface area (Å²) in [5.41, 5.74) is 6.38. The Bertz CT molecular complexity index is 511. The Morgan fingerprint density at radius 3 is 2.68 bits per heavy atom. The summed E-state index contributed by atoms with van der Waals surface area (Å²) >= 11 is 0. The summed E-state index contributed by atoms with van der Waals surface area (Å²) in [5, 5.41) is 0. The zero-order valence-electron chi connectivity index (χ0n) is 11.2. The first-order chi connectivity index (χ1) is 8.99. The fourth-order valence-corrected chi connectivity index (χ4v) is 2.16. The Kier molecular flexibility index (Phi) is 3.74. The molecule has 1 saturated heterocycles. The molecule has 0 radical (unpaired) electrons. The molecule has 0 bridgehead atoms. The molecule has 0 aromatic heterocycles. The Morgan fingerprint density at radius 2 is 2.16 bits per heavy atom. The summed E-state index contributed by atoms with van der Waals surface area (Å²) in [6.07, 6.45) is 1.35. The van der Waals surface area contributed by atoms with Crippen molar-refractivity contribution < 1.29 is 14.3 Å². The first-order valence-corrected chi connectivity index (χ1v) is 6.40. The van der Waals surface area contributed by atoms with Crippen molar-refractivity contribution in [2.24, 2.45) is 5.73 Å². The Balaban J connectivity index is 2.35. The van der Waals surface area contributed by atoms with E-state index in [1.165, 1.54) is 0 Å². The van der Waals surface area contributed by atoms with E-state index in [2.05, 4.69) is 0 Å². The number of carbonyl (C=O) groups is 2. The average molecular weight is 262 g/mol. The third kappa shape index (κ3) is 2.86. The number of amides is 2. The van der Waals surface area contributed by atoms with Gasteiger partial charge >= 0.3 is 0 Å². The number of carbonyl (C=O) groups excluding carboxylic acids is 2. The van der Waals surface area contributed by atoms with E-state index in [9.17, 15) is 9.59 Å². The number of benzene rings is 1. The van der Waals surface area contributed by atoms with E-state index in [1.807, 2.05) is 13.8 Å². The standard InChI is InChI=1S/C14H18N2O3/c1-9(2)19-12-6-5-10(8-11(12)14(15)18)16-7-3-4-13(16)17/h5-6,8-9H,3-4,7H2,1-2H3,(H2,15,18). The Morgan fingerprint density at radius 1 is 1.42 bits per heavy atom. The van der Waals surface area contributed by atoms with Crippen molar-refractivity contribution in [1.29, 1.82) is 0 Å². The van der Waals surface area contributed by atoms with Crippen molar-refractivity contribution >= 4 is 17.5 Å². The highest BCUT2D eigenvalue weighted by molar-refractivity contribution is 6.00. The smallest absolute Gasteiger partial charge is 0.252 e. The number of rotatable bonds is 4. The van der Waals surface area contributed by atoms with Crippen LogP contribution in [-0.2, 0) is 4.79 Å². The van der Waals surface area contributed by atoms with Crippen LogP contribution in [0.25, 0.3) is 0 Å². The molecule has 0 aliphatic carbocycles. The van der Waals surface area contributed by atoms with Crippen LogP contribution >= 0.6 is 0 Å². The van der Waals surface area contributed by atoms with Crippen molar-refractivity contribution in [3.8, 4) is 5.75 Å². The summed E-state index contributed by atoms with van der Waals surface area (Å²) in [7, 11) is 0. The molecule has 2 amide bonds. The molecule has 5 nitrogen and oxygen atoms in total. The predicted molar refractivity (Wildman–Crippen MR) is 72.3 cm³/mol. The highest BCUT2D eigenvalue weighted by Gasteiger charge is 2.23. The Labute approximate surface area is 112 Å². The summed E-state index contributed by atoms with van der Waals surface area (Å²) in [4.78, 5) is 24.9. The molecule has 2 rings (SSSR count). The van der Waals surface area contributed by atoms with Crippen molar-refractivity contribution in [2.75, 3.05) is 11.4 Å². The van der Waals surface area contributed by atoms with Gasteiger partial charge in [-0.05, 0) is 38.5 Å². The first-order valence-electron chi connectivity index (χ1n) is 6.40. The summed E-state index contributed by atoms with van der Waals surface area (Å²) in [6, 6.07) is 5.11. The van der Waals surface area contributed by atoms with Crippen LogP contribution in [0.1, 0.15) is 37.0 Å². The molecule has 19 heavy (non-hydrogen) atoms. The first kappa shape index (κ1) is 13.4. The molecular weight excluding hydrogens is 244 g/mol. The number of ether oxygens (including phenoxy) is 1. The number of hydrogen-bond donors (Lipinski definition) is 1. The van der Waals surface area contributed by atoms with Crippen molar-refractivity contribution in [1.82, 2.24) is 0 Å². The fourth-order valence-electron chi connectivity index (χ4n) is 2.16. The number of hydrogen-bond acceptors (Lipinski definition) is 3. The fraction of sp³-hybridized carbons (Fsp3) is 0.429. The molecule has 0 saturated carbocycles. The van der Waals surface area contributed by atoms with Crippen LogP contribution < -0.4 is 15.4 Å². The van der Waals surface area contributed by atoms with E-state index >= 15 is 0 Å². The number of primary amides is 1. The van der Waals surface area contributed by atoms with Crippen LogP contribution in [0.2, 0.25) is 0 Å². The van der Waals surface area contributed by atoms with Crippen LogP contribution in [0.5, 0.6) is 5.75 Å². The van der Waals surface area contributed by atoms with Gasteiger partial charge in [0.1, 0.15) is 5.75 Å². The van der Waals surface area contributed by atoms with Gasteiger partial charge in [-0.15, -0.1) is 0 Å². The second-order valence-corrected chi connectivity index (χ2v) is 4.86. The van der Waals surface area contributed by atoms with Crippen LogP contribution in [-0.4, -0.2) is 24.5 Å². The maximum atomic E-state index is 11.7. The molecule has 0 spiro atoms. The van der Waals surface area contributed by atoms with E-state index in [1.54, 1.807) is 23.1 Å². The quantitative estimate of drug-likeness (QED) is 0.897. The molecular formula is C14H18N2O3. The maximum absolute atomic E-state index is 11.7. The van der Waals surface area contributed by atoms with Crippen molar-refractivity contribution in [3.63, 3.8) is 0 Å². The zero-order chi connectivity index (χ0) is 14.0. The highest BCUT2D eigenvalue weighted by atomic mass is 16.5. The molecule has 2 N–H and O–H groups in total. The van der Waals surface area contributed by atoms with Crippen LogP contribution in [0.3, 0.4) is 0 Å². The lowest BCUT2D eigenvalue weighted by Crippen LogP contribution is -2.24. The van der Waals surface area contributed by atoms with Gasteiger partial charge in [-0.2, -0.15) is 0 Å². The van der Waals surface area contributed by atoms with Gasteiger partial charge in [-0.25, -0.2) is 0 Å². The van der Waals surface area contributed by atoms with E-state index in [4.69, 9.17) is 10.5 Å². The SMILES string of the molecule is CC(C)Oc1ccc(N2CCCC2=O)cc1C(N)=O. The number of nitrogens with zero attached hydrogens (tertiary/aromatic N) is 1. The highest BCUT2D eigenvalue weighted by Crippen LogP contribution is 2.28. The van der Waals surface area contributed by atoms with Gasteiger partial charge in [0.05, 0.1) is 11.7 Å². The topological polar surface area (TPSA) is 72.6 Å². The number of nitrogens with two attached hydrogens (primary N) is 1. The van der Waals surface area contributed by atoms with Gasteiger partial charge in [0.2, 0.25) is 5.91 Å². The minimum atomic E-state index is -0.552. The second kappa shape index (κ2) is 5.30. The van der Waals surface area contributed by atoms with Gasteiger partial charge < -0.3 is 15.4 Å². The molecule has 0 unspecified atom stereocenters. The second-order valence-electron chi connectivity index (χ2n) is 4.86. The maximum Gasteiger partial charge on any atom is 0.252 e. The van der Waals surface area contributed by atoms with E-state index < -0.39 is 5.91 Å². The monoisotopic (exact) mass is 262 g/mol. The van der Waals surface area contributed by atoms with Gasteiger partial charge in [0.25, 0.3) is 5.91 Å². The molecule has 1 aromatic carbocycles. The lowest BCUT2D eigenvalue weighted by Gasteiger charge is -2.19. The lowest BCUT2D eigenvalue weighted by atomic mass is 10.1. The van der Waals surface area contributed by atoms with Gasteiger partial charge in [0.15, 0.2) is 0 Å². The minimum absolute atomic E-state index is 0.0441. The van der Waals surface area contributed by atoms with Crippen LogP contribution in [0.15, 0.2) is 18.2 Å². The van der Waals surface area contributed by atoms with Gasteiger partial charge in [-0.3, -0.25) is 9.59 Å². The normalized spacial score (nSPS) is 15.1. The molecule has 1 heterocycles. The Hall–Kier alpha value is -2.04. The molecule has 1 aromatic rings. The molecule has 5 heteroatoms. The van der Waals surface area contributed by atoms with E-state index in [0.29, 0.717) is 30.0 Å². The summed E-state index contributed by atoms with van der Waals surface area (Å²) < 4.78 is 5.55. The molecule has 102 valence electrons. The lowest BCUT2D eigenvalue weighted by molar-refractivity contribution is -0.117. The van der Waals surface area contributed by atoms with E-state index in [0.717, 1.165) is 6.42 Å². The van der Waals surface area contributed by atoms with Gasteiger partial charge in [-0.1, -0.05) is 0 Å². The molecule has 0 atom stereocenters. The average Bonchev–Trinajstić information content (AvgIpc) is 2.75. The molecule has 1 aliphatic rings. The van der Waals surface area contributed by atoms with Gasteiger partial charge in [0, 0.05) is 18.7 Å². The largest absolute Gasteiger partial charge is 0.490 e. The summed E-state index contributed by atoms with van der Waals surface area (Å²) in [5.74, 6) is -0.0185. The molecule has 1 fully saturated rings. The third-order valence-corrected chi connectivity index (χ3v) is 2.98. The predicted octanol–water partition coefficient (Wildman–Crippen LogP) is 1.70. The van der Waals surface area contributed by atoms with E-state index in [-0.39, 0.29) is 12.0 Å². The zero-order valence-corrected chi connectivity index (χ0v) is 11.2. The summed E-state index contributed by atoms with van der Waals surface area (Å²) in [6.45, 7) is 4.44. The minimum Gasteiger partial charge on any atom is -0.490 e. The third-order valence-electron chi connectivity index (χ3n) is 2.98.